The maximum Gasteiger partial charge on any atom is 0.273 e. The molecule has 1 heterocycles. The summed E-state index contributed by atoms with van der Waals surface area (Å²) >= 11 is 0. The Kier molecular flexibility index (Phi) is 3.09. The average Bonchev–Trinajstić information content (AvgIpc) is 2.24. The third-order valence-corrected chi connectivity index (χ3v) is 4.67. The molecule has 7 nitrogen and oxygen atoms in total. The summed E-state index contributed by atoms with van der Waals surface area (Å²) in [6.07, 6.45) is -0.653. The second-order valence-corrected chi connectivity index (χ2v) is 6.12. The van der Waals surface area contributed by atoms with Crippen LogP contribution in [0.2, 0.25) is 0 Å². The van der Waals surface area contributed by atoms with Crippen LogP contribution in [0.1, 0.15) is 5.56 Å². The first-order chi connectivity index (χ1) is 8.32. The molecule has 0 atom stereocenters. The summed E-state index contributed by atoms with van der Waals surface area (Å²) in [6, 6.07) is 3.79. The minimum absolute atomic E-state index is 0.0318. The summed E-state index contributed by atoms with van der Waals surface area (Å²) in [5, 5.41) is 19.9. The zero-order valence-electron chi connectivity index (χ0n) is 9.61. The number of aliphatic hydroxyl groups is 1. The molecule has 0 amide bonds. The summed E-state index contributed by atoms with van der Waals surface area (Å²) in [4.78, 5) is 10.0. The molecule has 0 aromatic heterocycles. The third-order valence-electron chi connectivity index (χ3n) is 2.84. The van der Waals surface area contributed by atoms with Crippen LogP contribution in [0.3, 0.4) is 0 Å². The van der Waals surface area contributed by atoms with Crippen LogP contribution < -0.4 is 0 Å². The second-order valence-electron chi connectivity index (χ2n) is 4.18. The Bertz CT molecular complexity index is 592. The van der Waals surface area contributed by atoms with E-state index in [0.717, 1.165) is 10.4 Å². The molecule has 18 heavy (non-hydrogen) atoms. The van der Waals surface area contributed by atoms with Crippen LogP contribution in [0.5, 0.6) is 0 Å². The van der Waals surface area contributed by atoms with Crippen molar-refractivity contribution in [3.05, 3.63) is 33.9 Å². The molecule has 1 fully saturated rings. The van der Waals surface area contributed by atoms with Crippen LogP contribution in [0.4, 0.5) is 5.69 Å². The van der Waals surface area contributed by atoms with Gasteiger partial charge in [0.25, 0.3) is 5.69 Å². The van der Waals surface area contributed by atoms with Crippen LogP contribution in [-0.2, 0) is 10.0 Å². The topological polar surface area (TPSA) is 101 Å². The van der Waals surface area contributed by atoms with Crippen molar-refractivity contribution in [3.8, 4) is 0 Å². The highest BCUT2D eigenvalue weighted by Gasteiger charge is 2.36. The van der Waals surface area contributed by atoms with Crippen LogP contribution in [0.15, 0.2) is 23.1 Å². The van der Waals surface area contributed by atoms with Gasteiger partial charge in [-0.1, -0.05) is 6.07 Å². The highest BCUT2D eigenvalue weighted by molar-refractivity contribution is 7.89. The van der Waals surface area contributed by atoms with E-state index in [0.29, 0.717) is 5.56 Å². The average molecular weight is 272 g/mol. The number of hydrogen-bond acceptors (Lipinski definition) is 5. The Morgan fingerprint density at radius 3 is 2.56 bits per heavy atom. The molecule has 0 saturated carbocycles. The van der Waals surface area contributed by atoms with Gasteiger partial charge in [-0.15, -0.1) is 0 Å². The van der Waals surface area contributed by atoms with Crippen LogP contribution in [0, 0.1) is 17.0 Å². The second kappa shape index (κ2) is 4.30. The molecule has 0 bridgehead atoms. The van der Waals surface area contributed by atoms with E-state index in [1.807, 2.05) is 0 Å². The Hall–Kier alpha value is -1.51. The van der Waals surface area contributed by atoms with Crippen molar-refractivity contribution < 1.29 is 18.4 Å². The predicted molar refractivity (Wildman–Crippen MR) is 62.6 cm³/mol. The number of sulfonamides is 1. The quantitative estimate of drug-likeness (QED) is 0.628. The van der Waals surface area contributed by atoms with Crippen molar-refractivity contribution in [2.75, 3.05) is 13.1 Å². The maximum atomic E-state index is 12.0. The van der Waals surface area contributed by atoms with Gasteiger partial charge < -0.3 is 5.11 Å². The molecular weight excluding hydrogens is 260 g/mol. The lowest BCUT2D eigenvalue weighted by Crippen LogP contribution is -2.53. The fourth-order valence-corrected chi connectivity index (χ4v) is 3.24. The highest BCUT2D eigenvalue weighted by Crippen LogP contribution is 2.26. The van der Waals surface area contributed by atoms with Gasteiger partial charge in [0, 0.05) is 24.7 Å². The van der Waals surface area contributed by atoms with Crippen molar-refractivity contribution in [2.24, 2.45) is 0 Å². The van der Waals surface area contributed by atoms with E-state index < -0.39 is 21.1 Å². The number of rotatable bonds is 3. The molecule has 8 heteroatoms. The van der Waals surface area contributed by atoms with Crippen LogP contribution in [-0.4, -0.2) is 41.9 Å². The maximum absolute atomic E-state index is 12.0. The monoisotopic (exact) mass is 272 g/mol. The van der Waals surface area contributed by atoms with Crippen molar-refractivity contribution in [1.82, 2.24) is 4.31 Å². The van der Waals surface area contributed by atoms with E-state index in [4.69, 9.17) is 5.11 Å². The Balaban J connectivity index is 2.40. The van der Waals surface area contributed by atoms with Gasteiger partial charge in [-0.25, -0.2) is 8.42 Å². The van der Waals surface area contributed by atoms with Gasteiger partial charge in [0.15, 0.2) is 0 Å². The number of benzene rings is 1. The van der Waals surface area contributed by atoms with E-state index in [9.17, 15) is 18.5 Å². The number of nitrogens with zero attached hydrogens (tertiary/aromatic N) is 2. The van der Waals surface area contributed by atoms with Gasteiger partial charge in [-0.05, 0) is 13.0 Å². The van der Waals surface area contributed by atoms with E-state index >= 15 is 0 Å². The number of aliphatic hydroxyl groups excluding tert-OH is 1. The van der Waals surface area contributed by atoms with E-state index in [1.54, 1.807) is 6.92 Å². The first-order valence-corrected chi connectivity index (χ1v) is 6.69. The molecule has 1 aromatic carbocycles. The minimum Gasteiger partial charge on any atom is -0.390 e. The highest BCUT2D eigenvalue weighted by atomic mass is 32.2. The predicted octanol–water partition coefficient (Wildman–Crippen LogP) is 0.268. The van der Waals surface area contributed by atoms with Crippen molar-refractivity contribution in [1.29, 1.82) is 0 Å². The zero-order valence-corrected chi connectivity index (χ0v) is 10.4. The van der Waals surface area contributed by atoms with Gasteiger partial charge in [0.2, 0.25) is 10.0 Å². The van der Waals surface area contributed by atoms with Crippen molar-refractivity contribution >= 4 is 15.7 Å². The van der Waals surface area contributed by atoms with E-state index in [2.05, 4.69) is 0 Å². The Labute approximate surface area is 104 Å². The summed E-state index contributed by atoms with van der Waals surface area (Å²) in [7, 11) is -3.74. The van der Waals surface area contributed by atoms with Crippen LogP contribution in [0.25, 0.3) is 0 Å². The van der Waals surface area contributed by atoms with E-state index in [1.165, 1.54) is 12.1 Å². The van der Waals surface area contributed by atoms with Gasteiger partial charge >= 0.3 is 0 Å². The molecule has 1 aliphatic heterocycles. The number of aryl methyl sites for hydroxylation is 1. The molecule has 0 unspecified atom stereocenters. The Morgan fingerprint density at radius 2 is 2.06 bits per heavy atom. The fourth-order valence-electron chi connectivity index (χ4n) is 1.71. The lowest BCUT2D eigenvalue weighted by Gasteiger charge is -2.34. The van der Waals surface area contributed by atoms with Crippen molar-refractivity contribution in [2.45, 2.75) is 17.9 Å². The van der Waals surface area contributed by atoms with E-state index in [-0.39, 0.29) is 23.7 Å². The smallest absolute Gasteiger partial charge is 0.273 e. The number of hydrogen-bond donors (Lipinski definition) is 1. The molecule has 1 saturated heterocycles. The molecule has 0 radical (unpaired) electrons. The molecular formula is C10H12N2O5S. The molecule has 1 aromatic rings. The Morgan fingerprint density at radius 1 is 1.44 bits per heavy atom. The standard InChI is InChI=1S/C10H12N2O5S/c1-7-2-3-9(4-10(7)12(14)15)18(16,17)11-5-8(13)6-11/h2-4,8,13H,5-6H2,1H3. The first kappa shape index (κ1) is 12.9. The molecule has 0 spiro atoms. The molecule has 2 rings (SSSR count). The van der Waals surface area contributed by atoms with Crippen LogP contribution >= 0.6 is 0 Å². The lowest BCUT2D eigenvalue weighted by molar-refractivity contribution is -0.385. The molecule has 0 aliphatic carbocycles. The number of nitro groups is 1. The summed E-state index contributed by atoms with van der Waals surface area (Å²) < 4.78 is 25.2. The third kappa shape index (κ3) is 2.09. The van der Waals surface area contributed by atoms with Gasteiger partial charge in [-0.3, -0.25) is 10.1 Å². The van der Waals surface area contributed by atoms with Crippen molar-refractivity contribution in [3.63, 3.8) is 0 Å². The fraction of sp³-hybridized carbons (Fsp3) is 0.400. The number of nitro benzene ring substituents is 1. The first-order valence-electron chi connectivity index (χ1n) is 5.25. The summed E-state index contributed by atoms with van der Waals surface area (Å²) in [5.41, 5.74) is 0.180. The molecule has 1 N–H and O–H groups in total. The number of β-amino-alcohol motifs (C(OH)–C–C–N with tert-alkyl or cyclic N) is 1. The SMILES string of the molecule is Cc1ccc(S(=O)(=O)N2CC(O)C2)cc1[N+](=O)[O-]. The molecule has 98 valence electrons. The lowest BCUT2D eigenvalue weighted by atomic mass is 10.2. The van der Waals surface area contributed by atoms with Gasteiger partial charge in [0.1, 0.15) is 0 Å². The van der Waals surface area contributed by atoms with Gasteiger partial charge in [-0.2, -0.15) is 4.31 Å². The summed E-state index contributed by atoms with van der Waals surface area (Å²) in [5.74, 6) is 0. The normalized spacial score (nSPS) is 17.4. The largest absolute Gasteiger partial charge is 0.390 e. The minimum atomic E-state index is -3.74. The van der Waals surface area contributed by atoms with Gasteiger partial charge in [0.05, 0.1) is 15.9 Å². The molecule has 1 aliphatic rings. The zero-order chi connectivity index (χ0) is 13.5. The summed E-state index contributed by atoms with van der Waals surface area (Å²) in [6.45, 7) is 1.61.